The normalized spacial score (nSPS) is 10.1. The molecule has 1 heterocycles. The summed E-state index contributed by atoms with van der Waals surface area (Å²) in [6.07, 6.45) is 1.66. The molecule has 82 valence electrons. The van der Waals surface area contributed by atoms with Gasteiger partial charge in [-0.3, -0.25) is 0 Å². The van der Waals surface area contributed by atoms with Gasteiger partial charge in [-0.25, -0.2) is 0 Å². The van der Waals surface area contributed by atoms with Gasteiger partial charge in [-0.15, -0.1) is 0 Å². The first-order valence-corrected chi connectivity index (χ1v) is 5.17. The topological polar surface area (TPSA) is 22.4 Å². The number of hydrogen-bond donors (Lipinski definition) is 0. The first-order chi connectivity index (χ1) is 7.75. The Balaban J connectivity index is 2.17. The second kappa shape index (κ2) is 4.71. The van der Waals surface area contributed by atoms with E-state index in [2.05, 4.69) is 6.58 Å². The first kappa shape index (κ1) is 10.6. The van der Waals surface area contributed by atoms with Crippen LogP contribution in [-0.2, 0) is 0 Å². The van der Waals surface area contributed by atoms with E-state index in [4.69, 9.17) is 9.15 Å². The zero-order valence-electron chi connectivity index (χ0n) is 9.27. The van der Waals surface area contributed by atoms with Crippen LogP contribution in [0.5, 0.6) is 5.75 Å². The molecular weight excluding hydrogens is 200 g/mol. The Kier molecular flexibility index (Phi) is 3.10. The Labute approximate surface area is 95.2 Å². The molecule has 16 heavy (non-hydrogen) atoms. The zero-order chi connectivity index (χ0) is 11.4. The molecule has 0 aliphatic rings. The third-order valence-corrected chi connectivity index (χ3v) is 2.12. The van der Waals surface area contributed by atoms with E-state index in [1.54, 1.807) is 6.26 Å². The lowest BCUT2D eigenvalue weighted by atomic mass is 10.1. The predicted octanol–water partition coefficient (Wildman–Crippen LogP) is 3.90. The summed E-state index contributed by atoms with van der Waals surface area (Å²) >= 11 is 0. The largest absolute Gasteiger partial charge is 0.489 e. The highest BCUT2D eigenvalue weighted by Gasteiger charge is 2.01. The number of rotatable bonds is 4. The summed E-state index contributed by atoms with van der Waals surface area (Å²) in [6.45, 7) is 6.28. The molecule has 0 aliphatic carbocycles. The van der Waals surface area contributed by atoms with E-state index in [9.17, 15) is 0 Å². The van der Waals surface area contributed by atoms with Crippen molar-refractivity contribution in [3.8, 4) is 17.1 Å². The van der Waals surface area contributed by atoms with Crippen LogP contribution in [0.3, 0.4) is 0 Å². The van der Waals surface area contributed by atoms with Crippen LogP contribution in [0.4, 0.5) is 0 Å². The number of benzene rings is 1. The molecule has 0 atom stereocenters. The summed E-state index contributed by atoms with van der Waals surface area (Å²) in [5, 5.41) is 0. The fourth-order valence-corrected chi connectivity index (χ4v) is 1.39. The number of hydrogen-bond acceptors (Lipinski definition) is 2. The van der Waals surface area contributed by atoms with Crippen molar-refractivity contribution in [2.75, 3.05) is 6.61 Å². The smallest absolute Gasteiger partial charge is 0.133 e. The molecule has 0 saturated heterocycles. The summed E-state index contributed by atoms with van der Waals surface area (Å²) in [4.78, 5) is 0. The second-order valence-electron chi connectivity index (χ2n) is 3.75. The van der Waals surface area contributed by atoms with Gasteiger partial charge in [-0.05, 0) is 36.8 Å². The maximum absolute atomic E-state index is 5.56. The summed E-state index contributed by atoms with van der Waals surface area (Å²) < 4.78 is 10.9. The van der Waals surface area contributed by atoms with E-state index >= 15 is 0 Å². The van der Waals surface area contributed by atoms with Crippen molar-refractivity contribution in [1.29, 1.82) is 0 Å². The standard InChI is InChI=1S/C14H14O2/c1-11(2)10-16-13-6-3-5-12(9-13)14-7-4-8-15-14/h3-9H,1,10H2,2H3. The minimum atomic E-state index is 0.543. The molecule has 2 heteroatoms. The Hall–Kier alpha value is -1.96. The van der Waals surface area contributed by atoms with Crippen molar-refractivity contribution >= 4 is 0 Å². The second-order valence-corrected chi connectivity index (χ2v) is 3.75. The number of furan rings is 1. The van der Waals surface area contributed by atoms with Crippen LogP contribution >= 0.6 is 0 Å². The number of ether oxygens (including phenoxy) is 1. The molecule has 0 radical (unpaired) electrons. The van der Waals surface area contributed by atoms with Gasteiger partial charge < -0.3 is 9.15 Å². The van der Waals surface area contributed by atoms with E-state index in [0.29, 0.717) is 6.61 Å². The lowest BCUT2D eigenvalue weighted by Crippen LogP contribution is -1.97. The molecule has 0 aliphatic heterocycles. The molecule has 2 aromatic rings. The zero-order valence-corrected chi connectivity index (χ0v) is 9.27. The highest BCUT2D eigenvalue weighted by Crippen LogP contribution is 2.24. The predicted molar refractivity (Wildman–Crippen MR) is 64.5 cm³/mol. The van der Waals surface area contributed by atoms with E-state index in [0.717, 1.165) is 22.6 Å². The Morgan fingerprint density at radius 1 is 1.31 bits per heavy atom. The molecule has 2 rings (SSSR count). The van der Waals surface area contributed by atoms with E-state index < -0.39 is 0 Å². The van der Waals surface area contributed by atoms with Gasteiger partial charge in [0.15, 0.2) is 0 Å². The summed E-state index contributed by atoms with van der Waals surface area (Å²) in [6, 6.07) is 11.6. The molecule has 0 N–H and O–H groups in total. The van der Waals surface area contributed by atoms with Gasteiger partial charge in [0.2, 0.25) is 0 Å². The monoisotopic (exact) mass is 214 g/mol. The third kappa shape index (κ3) is 2.54. The van der Waals surface area contributed by atoms with Gasteiger partial charge in [0, 0.05) is 5.56 Å². The molecule has 1 aromatic carbocycles. The Morgan fingerprint density at radius 3 is 2.88 bits per heavy atom. The van der Waals surface area contributed by atoms with Crippen molar-refractivity contribution in [3.05, 3.63) is 54.8 Å². The Morgan fingerprint density at radius 2 is 2.19 bits per heavy atom. The van der Waals surface area contributed by atoms with Gasteiger partial charge in [0.25, 0.3) is 0 Å². The lowest BCUT2D eigenvalue weighted by molar-refractivity contribution is 0.353. The fourth-order valence-electron chi connectivity index (χ4n) is 1.39. The quantitative estimate of drug-likeness (QED) is 0.720. The highest BCUT2D eigenvalue weighted by atomic mass is 16.5. The van der Waals surface area contributed by atoms with E-state index in [1.165, 1.54) is 0 Å². The van der Waals surface area contributed by atoms with Gasteiger partial charge in [0.1, 0.15) is 18.1 Å². The molecule has 0 amide bonds. The molecule has 0 fully saturated rings. The van der Waals surface area contributed by atoms with Gasteiger partial charge >= 0.3 is 0 Å². The fraction of sp³-hybridized carbons (Fsp3) is 0.143. The van der Waals surface area contributed by atoms with Crippen molar-refractivity contribution in [3.63, 3.8) is 0 Å². The Bertz CT molecular complexity index is 469. The third-order valence-electron chi connectivity index (χ3n) is 2.12. The molecule has 0 bridgehead atoms. The highest BCUT2D eigenvalue weighted by molar-refractivity contribution is 5.59. The molecule has 0 spiro atoms. The van der Waals surface area contributed by atoms with Gasteiger partial charge in [0.05, 0.1) is 6.26 Å². The van der Waals surface area contributed by atoms with Crippen LogP contribution in [0.2, 0.25) is 0 Å². The average Bonchev–Trinajstić information content (AvgIpc) is 2.80. The first-order valence-electron chi connectivity index (χ1n) is 5.17. The summed E-state index contributed by atoms with van der Waals surface area (Å²) in [7, 11) is 0. The maximum atomic E-state index is 5.56. The van der Waals surface area contributed by atoms with Crippen LogP contribution in [-0.4, -0.2) is 6.61 Å². The van der Waals surface area contributed by atoms with Gasteiger partial charge in [-0.1, -0.05) is 18.7 Å². The molecule has 0 saturated carbocycles. The minimum absolute atomic E-state index is 0.543. The van der Waals surface area contributed by atoms with Crippen LogP contribution in [0.15, 0.2) is 59.2 Å². The molecular formula is C14H14O2. The summed E-state index contributed by atoms with van der Waals surface area (Å²) in [5.41, 5.74) is 2.02. The van der Waals surface area contributed by atoms with Crippen molar-refractivity contribution in [2.24, 2.45) is 0 Å². The van der Waals surface area contributed by atoms with Crippen molar-refractivity contribution in [1.82, 2.24) is 0 Å². The van der Waals surface area contributed by atoms with Crippen LogP contribution in [0.1, 0.15) is 6.92 Å². The molecule has 0 unspecified atom stereocenters. The maximum Gasteiger partial charge on any atom is 0.133 e. The molecule has 2 nitrogen and oxygen atoms in total. The van der Waals surface area contributed by atoms with Crippen molar-refractivity contribution < 1.29 is 9.15 Å². The van der Waals surface area contributed by atoms with Crippen LogP contribution in [0, 0.1) is 0 Å². The minimum Gasteiger partial charge on any atom is -0.489 e. The summed E-state index contributed by atoms with van der Waals surface area (Å²) in [5.74, 6) is 1.68. The van der Waals surface area contributed by atoms with E-state index in [-0.39, 0.29) is 0 Å². The lowest BCUT2D eigenvalue weighted by Gasteiger charge is -2.06. The van der Waals surface area contributed by atoms with E-state index in [1.807, 2.05) is 43.3 Å². The van der Waals surface area contributed by atoms with Crippen LogP contribution < -0.4 is 4.74 Å². The van der Waals surface area contributed by atoms with Crippen LogP contribution in [0.25, 0.3) is 11.3 Å². The SMILES string of the molecule is C=C(C)COc1cccc(-c2ccco2)c1. The van der Waals surface area contributed by atoms with Crippen molar-refractivity contribution in [2.45, 2.75) is 6.92 Å². The average molecular weight is 214 g/mol. The molecule has 1 aromatic heterocycles. The van der Waals surface area contributed by atoms with Gasteiger partial charge in [-0.2, -0.15) is 0 Å².